The maximum absolute atomic E-state index is 12.3. The van der Waals surface area contributed by atoms with Gasteiger partial charge in [-0.2, -0.15) is 4.98 Å². The molecule has 0 saturated carbocycles. The molecule has 0 amide bonds. The number of aromatic nitrogens is 2. The average Bonchev–Trinajstić information content (AvgIpc) is 2.92. The van der Waals surface area contributed by atoms with Crippen LogP contribution in [-0.2, 0) is 23.1 Å². The third-order valence-corrected chi connectivity index (χ3v) is 4.62. The molecule has 0 aliphatic rings. The number of nitrogens with one attached hydrogen (secondary N) is 1. The van der Waals surface area contributed by atoms with Crippen molar-refractivity contribution in [3.63, 3.8) is 0 Å². The first kappa shape index (κ1) is 15.7. The van der Waals surface area contributed by atoms with Gasteiger partial charge < -0.3 is 14.0 Å². The highest BCUT2D eigenvalue weighted by Crippen LogP contribution is 2.26. The Bertz CT molecular complexity index is 732. The van der Waals surface area contributed by atoms with Crippen molar-refractivity contribution in [3.8, 4) is 0 Å². The van der Waals surface area contributed by atoms with Crippen molar-refractivity contribution in [1.82, 2.24) is 14.9 Å². The Kier molecular flexibility index (Phi) is 4.45. The summed E-state index contributed by atoms with van der Waals surface area (Å²) in [6.07, 6.45) is 0.306. The van der Waals surface area contributed by atoms with E-state index in [1.807, 2.05) is 0 Å². The van der Waals surface area contributed by atoms with Gasteiger partial charge in [0.05, 0.1) is 6.61 Å². The zero-order valence-corrected chi connectivity index (χ0v) is 12.8. The lowest BCUT2D eigenvalue weighted by molar-refractivity contribution is 0.276. The van der Waals surface area contributed by atoms with Gasteiger partial charge >= 0.3 is 0 Å². The number of hydrogen-bond acceptors (Lipinski definition) is 7. The largest absolute Gasteiger partial charge is 0.465 e. The fourth-order valence-electron chi connectivity index (χ4n) is 2.06. The maximum Gasteiger partial charge on any atom is 0.244 e. The second-order valence-corrected chi connectivity index (χ2v) is 6.26. The van der Waals surface area contributed by atoms with Crippen LogP contribution in [0, 0.1) is 20.8 Å². The first-order chi connectivity index (χ1) is 9.85. The van der Waals surface area contributed by atoms with Gasteiger partial charge in [-0.15, -0.1) is 0 Å². The molecule has 116 valence electrons. The fourth-order valence-corrected chi connectivity index (χ4v) is 3.52. The molecular formula is C12H17N3O5S. The second kappa shape index (κ2) is 5.96. The van der Waals surface area contributed by atoms with Gasteiger partial charge in [-0.05, 0) is 13.8 Å². The van der Waals surface area contributed by atoms with Crippen LogP contribution < -0.4 is 4.72 Å². The van der Waals surface area contributed by atoms with Crippen LogP contribution in [0.4, 0.5) is 0 Å². The van der Waals surface area contributed by atoms with Crippen LogP contribution in [0.2, 0.25) is 0 Å². The molecule has 0 fully saturated rings. The lowest BCUT2D eigenvalue weighted by atomic mass is 10.2. The summed E-state index contributed by atoms with van der Waals surface area (Å²) in [6, 6.07) is 0. The highest BCUT2D eigenvalue weighted by Gasteiger charge is 2.26. The molecule has 2 aromatic rings. The van der Waals surface area contributed by atoms with Crippen LogP contribution in [0.5, 0.6) is 0 Å². The summed E-state index contributed by atoms with van der Waals surface area (Å²) in [5.41, 5.74) is 0.274. The summed E-state index contributed by atoms with van der Waals surface area (Å²) in [4.78, 5) is 3.98. The molecule has 0 aromatic carbocycles. The van der Waals surface area contributed by atoms with Crippen LogP contribution in [0.3, 0.4) is 0 Å². The normalized spacial score (nSPS) is 12.0. The van der Waals surface area contributed by atoms with E-state index in [0.717, 1.165) is 0 Å². The van der Waals surface area contributed by atoms with E-state index in [4.69, 9.17) is 8.94 Å². The molecule has 8 nitrogen and oxygen atoms in total. The minimum Gasteiger partial charge on any atom is -0.465 e. The van der Waals surface area contributed by atoms with E-state index in [-0.39, 0.29) is 22.8 Å². The van der Waals surface area contributed by atoms with Crippen LogP contribution in [0.1, 0.15) is 28.8 Å². The molecule has 0 unspecified atom stereocenters. The van der Waals surface area contributed by atoms with Gasteiger partial charge in [-0.1, -0.05) is 5.16 Å². The molecule has 2 rings (SSSR count). The Morgan fingerprint density at radius 2 is 1.95 bits per heavy atom. The molecule has 2 N–H and O–H groups in total. The monoisotopic (exact) mass is 315 g/mol. The number of sulfonamides is 1. The predicted molar refractivity (Wildman–Crippen MR) is 72.0 cm³/mol. The molecule has 21 heavy (non-hydrogen) atoms. The molecule has 0 atom stereocenters. The smallest absolute Gasteiger partial charge is 0.244 e. The van der Waals surface area contributed by atoms with Gasteiger partial charge in [-0.3, -0.25) is 0 Å². The summed E-state index contributed by atoms with van der Waals surface area (Å²) < 4.78 is 37.1. The number of nitrogens with zero attached hydrogens (tertiary/aromatic N) is 2. The predicted octanol–water partition coefficient (Wildman–Crippen LogP) is 0.601. The summed E-state index contributed by atoms with van der Waals surface area (Å²) in [5.74, 6) is 1.50. The highest BCUT2D eigenvalue weighted by molar-refractivity contribution is 7.89. The molecule has 0 saturated heterocycles. The molecule has 0 bridgehead atoms. The van der Waals surface area contributed by atoms with Gasteiger partial charge in [0.2, 0.25) is 15.9 Å². The Morgan fingerprint density at radius 3 is 2.52 bits per heavy atom. The van der Waals surface area contributed by atoms with E-state index in [0.29, 0.717) is 23.9 Å². The van der Waals surface area contributed by atoms with E-state index in [1.54, 1.807) is 20.8 Å². The highest BCUT2D eigenvalue weighted by atomic mass is 32.2. The maximum atomic E-state index is 12.3. The molecule has 2 aromatic heterocycles. The van der Waals surface area contributed by atoms with Crippen molar-refractivity contribution >= 4 is 10.0 Å². The van der Waals surface area contributed by atoms with Gasteiger partial charge in [0, 0.05) is 25.5 Å². The number of furan rings is 1. The lowest BCUT2D eigenvalue weighted by Gasteiger charge is -2.06. The first-order valence-corrected chi connectivity index (χ1v) is 7.82. The van der Waals surface area contributed by atoms with Crippen molar-refractivity contribution < 1.29 is 22.5 Å². The summed E-state index contributed by atoms with van der Waals surface area (Å²) in [7, 11) is -3.77. The van der Waals surface area contributed by atoms with Crippen molar-refractivity contribution in [2.45, 2.75) is 38.7 Å². The Morgan fingerprint density at radius 1 is 1.24 bits per heavy atom. The quantitative estimate of drug-likeness (QED) is 0.801. The van der Waals surface area contributed by atoms with E-state index < -0.39 is 16.6 Å². The molecule has 0 aliphatic heterocycles. The Labute approximate surface area is 122 Å². The van der Waals surface area contributed by atoms with Gasteiger partial charge in [-0.25, -0.2) is 13.1 Å². The van der Waals surface area contributed by atoms with Crippen molar-refractivity contribution in [2.75, 3.05) is 6.54 Å². The van der Waals surface area contributed by atoms with Crippen molar-refractivity contribution in [1.29, 1.82) is 0 Å². The van der Waals surface area contributed by atoms with Gasteiger partial charge in [0.15, 0.2) is 5.82 Å². The third kappa shape index (κ3) is 3.31. The van der Waals surface area contributed by atoms with E-state index in [1.165, 1.54) is 0 Å². The molecular weight excluding hydrogens is 298 g/mol. The van der Waals surface area contributed by atoms with E-state index in [2.05, 4.69) is 14.9 Å². The number of aryl methyl sites for hydroxylation is 3. The van der Waals surface area contributed by atoms with E-state index >= 15 is 0 Å². The first-order valence-electron chi connectivity index (χ1n) is 6.33. The summed E-state index contributed by atoms with van der Waals surface area (Å²) in [6.45, 7) is 4.54. The molecule has 0 spiro atoms. The molecule has 2 heterocycles. The minimum absolute atomic E-state index is 0.00760. The van der Waals surface area contributed by atoms with Crippen LogP contribution >= 0.6 is 0 Å². The molecule has 0 radical (unpaired) electrons. The van der Waals surface area contributed by atoms with Gasteiger partial charge in [0.1, 0.15) is 16.4 Å². The number of aliphatic hydroxyl groups is 1. The van der Waals surface area contributed by atoms with E-state index in [9.17, 15) is 13.5 Å². The Hall–Kier alpha value is -1.71. The second-order valence-electron chi connectivity index (χ2n) is 4.56. The molecule has 0 aliphatic carbocycles. The van der Waals surface area contributed by atoms with Crippen LogP contribution in [-0.4, -0.2) is 30.2 Å². The zero-order valence-electron chi connectivity index (χ0n) is 12.0. The molecule has 9 heteroatoms. The van der Waals surface area contributed by atoms with Crippen molar-refractivity contribution in [3.05, 3.63) is 28.8 Å². The van der Waals surface area contributed by atoms with Gasteiger partial charge in [0.25, 0.3) is 0 Å². The third-order valence-electron chi connectivity index (χ3n) is 2.96. The Balaban J connectivity index is 2.12. The average molecular weight is 315 g/mol. The minimum atomic E-state index is -3.77. The standard InChI is InChI=1S/C12H17N3O5S/c1-7-10(6-16)12(8(2)19-7)21(17,18)13-5-4-11-14-9(3)20-15-11/h13,16H,4-6H2,1-3H3. The lowest BCUT2D eigenvalue weighted by Crippen LogP contribution is -2.27. The SMILES string of the molecule is Cc1nc(CCNS(=O)(=O)c2c(C)oc(C)c2CO)no1. The van der Waals surface area contributed by atoms with Crippen molar-refractivity contribution in [2.24, 2.45) is 0 Å². The number of aliphatic hydroxyl groups excluding tert-OH is 1. The topological polar surface area (TPSA) is 118 Å². The summed E-state index contributed by atoms with van der Waals surface area (Å²) in [5, 5.41) is 13.0. The zero-order chi connectivity index (χ0) is 15.6. The fraction of sp³-hybridized carbons (Fsp3) is 0.500. The number of rotatable bonds is 6. The summed E-state index contributed by atoms with van der Waals surface area (Å²) >= 11 is 0. The van der Waals surface area contributed by atoms with Crippen LogP contribution in [0.25, 0.3) is 0 Å². The number of hydrogen-bond donors (Lipinski definition) is 2. The van der Waals surface area contributed by atoms with Crippen LogP contribution in [0.15, 0.2) is 13.8 Å².